The fraction of sp³-hybridized carbons (Fsp3) is 0.429. The molecule has 0 unspecified atom stereocenters. The first-order valence-corrected chi connectivity index (χ1v) is 5.77. The van der Waals surface area contributed by atoms with Gasteiger partial charge in [0.25, 0.3) is 0 Å². The van der Waals surface area contributed by atoms with Crippen LogP contribution in [-0.4, -0.2) is 12.6 Å². The van der Waals surface area contributed by atoms with Crippen LogP contribution in [0.1, 0.15) is 30.5 Å². The van der Waals surface area contributed by atoms with Crippen molar-refractivity contribution < 1.29 is 0 Å². The number of hydrogen-bond acceptors (Lipinski definition) is 1. The van der Waals surface area contributed by atoms with Crippen molar-refractivity contribution in [1.82, 2.24) is 5.32 Å². The van der Waals surface area contributed by atoms with Gasteiger partial charge in [-0.05, 0) is 36.1 Å². The van der Waals surface area contributed by atoms with Crippen molar-refractivity contribution in [2.75, 3.05) is 6.54 Å². The molecule has 1 aliphatic carbocycles. The van der Waals surface area contributed by atoms with E-state index in [4.69, 9.17) is 0 Å². The summed E-state index contributed by atoms with van der Waals surface area (Å²) in [6.07, 6.45) is 6.70. The van der Waals surface area contributed by atoms with Gasteiger partial charge in [0.2, 0.25) is 0 Å². The monoisotopic (exact) mass is 201 g/mol. The van der Waals surface area contributed by atoms with Crippen LogP contribution in [0.4, 0.5) is 0 Å². The summed E-state index contributed by atoms with van der Waals surface area (Å²) in [4.78, 5) is 0. The van der Waals surface area contributed by atoms with E-state index in [9.17, 15) is 0 Å². The number of nitrogens with one attached hydrogen (secondary N) is 1. The summed E-state index contributed by atoms with van der Waals surface area (Å²) < 4.78 is 0. The van der Waals surface area contributed by atoms with E-state index >= 15 is 0 Å². The maximum atomic E-state index is 3.44. The van der Waals surface area contributed by atoms with Gasteiger partial charge in [-0.1, -0.05) is 44.2 Å². The van der Waals surface area contributed by atoms with E-state index in [1.165, 1.54) is 16.7 Å². The molecule has 0 saturated heterocycles. The quantitative estimate of drug-likeness (QED) is 0.790. The van der Waals surface area contributed by atoms with E-state index in [2.05, 4.69) is 49.5 Å². The van der Waals surface area contributed by atoms with Gasteiger partial charge in [0.05, 0.1) is 0 Å². The lowest BCUT2D eigenvalue weighted by molar-refractivity contribution is 0.590. The minimum absolute atomic E-state index is 0.583. The van der Waals surface area contributed by atoms with Crippen LogP contribution >= 0.6 is 0 Å². The summed E-state index contributed by atoms with van der Waals surface area (Å²) in [6.45, 7) is 5.44. The molecule has 1 nitrogen and oxygen atoms in total. The molecular weight excluding hydrogens is 182 g/mol. The highest BCUT2D eigenvalue weighted by Crippen LogP contribution is 2.20. The average Bonchev–Trinajstić information content (AvgIpc) is 2.64. The molecule has 0 spiro atoms. The molecule has 15 heavy (non-hydrogen) atoms. The van der Waals surface area contributed by atoms with Crippen LogP contribution in [0.25, 0.3) is 6.08 Å². The van der Waals surface area contributed by atoms with Gasteiger partial charge in [-0.15, -0.1) is 0 Å². The second-order valence-corrected chi connectivity index (χ2v) is 4.50. The highest BCUT2D eigenvalue weighted by atomic mass is 14.9. The Morgan fingerprint density at radius 3 is 3.00 bits per heavy atom. The number of rotatable bonds is 4. The predicted molar refractivity (Wildman–Crippen MR) is 66.0 cm³/mol. The van der Waals surface area contributed by atoms with Crippen LogP contribution < -0.4 is 5.32 Å². The number of allylic oxidation sites excluding steroid dienone is 1. The summed E-state index contributed by atoms with van der Waals surface area (Å²) in [5.41, 5.74) is 4.32. The molecule has 0 aliphatic heterocycles. The minimum Gasteiger partial charge on any atom is -0.314 e. The van der Waals surface area contributed by atoms with Gasteiger partial charge >= 0.3 is 0 Å². The first-order chi connectivity index (χ1) is 7.25. The topological polar surface area (TPSA) is 12.0 Å². The van der Waals surface area contributed by atoms with Gasteiger partial charge in [-0.2, -0.15) is 0 Å². The van der Waals surface area contributed by atoms with Crippen molar-refractivity contribution in [3.8, 4) is 0 Å². The average molecular weight is 201 g/mol. The van der Waals surface area contributed by atoms with E-state index in [1.54, 1.807) is 0 Å². The third-order valence-corrected chi connectivity index (χ3v) is 2.81. The normalized spacial score (nSPS) is 13.5. The molecule has 0 bridgehead atoms. The third kappa shape index (κ3) is 2.69. The van der Waals surface area contributed by atoms with Crippen molar-refractivity contribution in [3.05, 3.63) is 41.0 Å². The fourth-order valence-electron chi connectivity index (χ4n) is 1.96. The van der Waals surface area contributed by atoms with Gasteiger partial charge in [-0.25, -0.2) is 0 Å². The molecule has 0 aromatic heterocycles. The minimum atomic E-state index is 0.583. The molecule has 1 aromatic carbocycles. The first kappa shape index (κ1) is 10.4. The van der Waals surface area contributed by atoms with Crippen molar-refractivity contribution in [2.24, 2.45) is 0 Å². The van der Waals surface area contributed by atoms with Crippen molar-refractivity contribution in [2.45, 2.75) is 32.7 Å². The zero-order valence-electron chi connectivity index (χ0n) is 9.59. The van der Waals surface area contributed by atoms with Gasteiger partial charge < -0.3 is 5.32 Å². The molecule has 0 atom stereocenters. The highest BCUT2D eigenvalue weighted by Gasteiger charge is 2.05. The molecular formula is C14H19N. The predicted octanol–water partition coefficient (Wildman–Crippen LogP) is 2.80. The molecule has 1 aromatic rings. The number of fused-ring (bicyclic) bond motifs is 1. The van der Waals surface area contributed by atoms with Crippen LogP contribution in [0.15, 0.2) is 24.3 Å². The van der Waals surface area contributed by atoms with E-state index in [1.807, 2.05) is 0 Å². The SMILES string of the molecule is CC(C)NCCc1ccc2c(c1)C=CC2. The van der Waals surface area contributed by atoms with Gasteiger partial charge in [0.1, 0.15) is 0 Å². The maximum absolute atomic E-state index is 3.44. The lowest BCUT2D eigenvalue weighted by Crippen LogP contribution is -2.24. The molecule has 1 aliphatic rings. The van der Waals surface area contributed by atoms with Crippen LogP contribution in [0.2, 0.25) is 0 Å². The summed E-state index contributed by atoms with van der Waals surface area (Å²) in [5, 5.41) is 3.44. The molecule has 1 N–H and O–H groups in total. The standard InChI is InChI=1S/C14H19N/c1-11(2)15-9-8-12-6-7-13-4-3-5-14(13)10-12/h3,5-7,10-11,15H,4,8-9H2,1-2H3. The fourth-order valence-corrected chi connectivity index (χ4v) is 1.96. The molecule has 0 amide bonds. The molecule has 0 radical (unpaired) electrons. The third-order valence-electron chi connectivity index (χ3n) is 2.81. The van der Waals surface area contributed by atoms with Crippen LogP contribution in [0.3, 0.4) is 0 Å². The largest absolute Gasteiger partial charge is 0.314 e. The molecule has 0 fully saturated rings. The Bertz CT molecular complexity index is 364. The Balaban J connectivity index is 1.95. The Hall–Kier alpha value is -1.08. The number of hydrogen-bond donors (Lipinski definition) is 1. The molecule has 2 rings (SSSR count). The second-order valence-electron chi connectivity index (χ2n) is 4.50. The lowest BCUT2D eigenvalue weighted by Gasteiger charge is -2.08. The van der Waals surface area contributed by atoms with Crippen molar-refractivity contribution in [1.29, 1.82) is 0 Å². The van der Waals surface area contributed by atoms with Crippen molar-refractivity contribution in [3.63, 3.8) is 0 Å². The second kappa shape index (κ2) is 4.63. The summed E-state index contributed by atoms with van der Waals surface area (Å²) in [5.74, 6) is 0. The summed E-state index contributed by atoms with van der Waals surface area (Å²) >= 11 is 0. The van der Waals surface area contributed by atoms with E-state index in [0.717, 1.165) is 19.4 Å². The maximum Gasteiger partial charge on any atom is 0.00105 e. The molecule has 80 valence electrons. The van der Waals surface area contributed by atoms with Gasteiger partial charge in [0, 0.05) is 6.04 Å². The Morgan fingerprint density at radius 1 is 1.33 bits per heavy atom. The molecule has 1 heteroatoms. The Kier molecular flexibility index (Phi) is 3.22. The van der Waals surface area contributed by atoms with E-state index in [-0.39, 0.29) is 0 Å². The van der Waals surface area contributed by atoms with Gasteiger partial charge in [0.15, 0.2) is 0 Å². The summed E-state index contributed by atoms with van der Waals surface area (Å²) in [6, 6.07) is 7.42. The number of benzene rings is 1. The molecule has 0 saturated carbocycles. The lowest BCUT2D eigenvalue weighted by atomic mass is 10.0. The zero-order valence-corrected chi connectivity index (χ0v) is 9.59. The van der Waals surface area contributed by atoms with Crippen LogP contribution in [0.5, 0.6) is 0 Å². The first-order valence-electron chi connectivity index (χ1n) is 5.77. The molecule has 0 heterocycles. The van der Waals surface area contributed by atoms with E-state index < -0.39 is 0 Å². The zero-order chi connectivity index (χ0) is 10.7. The summed E-state index contributed by atoms with van der Waals surface area (Å²) in [7, 11) is 0. The van der Waals surface area contributed by atoms with Crippen LogP contribution in [0, 0.1) is 0 Å². The van der Waals surface area contributed by atoms with Crippen molar-refractivity contribution >= 4 is 6.08 Å². The Morgan fingerprint density at radius 2 is 2.20 bits per heavy atom. The highest BCUT2D eigenvalue weighted by molar-refractivity contribution is 5.60. The van der Waals surface area contributed by atoms with Crippen LogP contribution in [-0.2, 0) is 12.8 Å². The smallest absolute Gasteiger partial charge is 0.00105 e. The Labute approximate surface area is 92.2 Å². The van der Waals surface area contributed by atoms with E-state index in [0.29, 0.717) is 6.04 Å². The van der Waals surface area contributed by atoms with Gasteiger partial charge in [-0.3, -0.25) is 0 Å².